The Morgan fingerprint density at radius 1 is 1.50 bits per heavy atom. The van der Waals surface area contributed by atoms with Crippen LogP contribution in [0.15, 0.2) is 0 Å². The highest BCUT2D eigenvalue weighted by atomic mass is 32.2. The molecule has 0 aliphatic rings. The van der Waals surface area contributed by atoms with Gasteiger partial charge in [-0.2, -0.15) is 0 Å². The largest absolute Gasteiger partial charge is 0.481 e. The third-order valence-corrected chi connectivity index (χ3v) is 2.79. The first-order valence-electron chi connectivity index (χ1n) is 4.16. The van der Waals surface area contributed by atoms with Gasteiger partial charge in [-0.05, 0) is 6.42 Å². The quantitative estimate of drug-likeness (QED) is 0.539. The standard InChI is InChI=1S/C7H15NO5S/c1-13-5-6-14(11,12)8-4-2-3-7(9)10/h8H,2-6H2,1H3,(H,9,10). The van der Waals surface area contributed by atoms with E-state index in [2.05, 4.69) is 9.46 Å². The van der Waals surface area contributed by atoms with E-state index in [4.69, 9.17) is 5.11 Å². The fourth-order valence-corrected chi connectivity index (χ4v) is 1.72. The number of sulfonamides is 1. The summed E-state index contributed by atoms with van der Waals surface area (Å²) in [5, 5.41) is 8.29. The Morgan fingerprint density at radius 3 is 2.64 bits per heavy atom. The van der Waals surface area contributed by atoms with E-state index >= 15 is 0 Å². The minimum absolute atomic E-state index is 0.0349. The van der Waals surface area contributed by atoms with Gasteiger partial charge in [0, 0.05) is 20.1 Å². The van der Waals surface area contributed by atoms with Crippen LogP contribution in [0.25, 0.3) is 0 Å². The third kappa shape index (κ3) is 7.96. The lowest BCUT2D eigenvalue weighted by Crippen LogP contribution is -2.29. The Bertz CT molecular complexity index is 261. The summed E-state index contributed by atoms with van der Waals surface area (Å²) in [6.07, 6.45) is 0.258. The highest BCUT2D eigenvalue weighted by molar-refractivity contribution is 7.89. The van der Waals surface area contributed by atoms with E-state index in [1.54, 1.807) is 0 Å². The first-order chi connectivity index (χ1) is 6.48. The second-order valence-corrected chi connectivity index (χ2v) is 4.63. The highest BCUT2D eigenvalue weighted by Gasteiger charge is 2.08. The first kappa shape index (κ1) is 13.3. The zero-order valence-electron chi connectivity index (χ0n) is 8.02. The van der Waals surface area contributed by atoms with Crippen molar-refractivity contribution in [1.29, 1.82) is 0 Å². The number of carboxylic acids is 1. The summed E-state index contributed by atoms with van der Waals surface area (Å²) < 4.78 is 29.1. The van der Waals surface area contributed by atoms with Crippen molar-refractivity contribution in [1.82, 2.24) is 4.72 Å². The van der Waals surface area contributed by atoms with Crippen LogP contribution in [0.2, 0.25) is 0 Å². The average molecular weight is 225 g/mol. The van der Waals surface area contributed by atoms with Crippen molar-refractivity contribution in [3.63, 3.8) is 0 Å². The Kier molecular flexibility index (Phi) is 6.43. The van der Waals surface area contributed by atoms with E-state index in [1.165, 1.54) is 7.11 Å². The van der Waals surface area contributed by atoms with E-state index in [0.717, 1.165) is 0 Å². The summed E-state index contributed by atoms with van der Waals surface area (Å²) in [4.78, 5) is 10.1. The predicted molar refractivity (Wildman–Crippen MR) is 50.5 cm³/mol. The number of nitrogens with one attached hydrogen (secondary N) is 1. The molecule has 0 aromatic heterocycles. The average Bonchev–Trinajstić information content (AvgIpc) is 2.09. The van der Waals surface area contributed by atoms with Crippen LogP contribution >= 0.6 is 0 Å². The van der Waals surface area contributed by atoms with Gasteiger partial charge < -0.3 is 9.84 Å². The molecule has 84 valence electrons. The molecule has 0 atom stereocenters. The van der Waals surface area contributed by atoms with Gasteiger partial charge in [-0.3, -0.25) is 4.79 Å². The van der Waals surface area contributed by atoms with Crippen molar-refractivity contribution in [3.05, 3.63) is 0 Å². The molecule has 0 aliphatic carbocycles. The topological polar surface area (TPSA) is 92.7 Å². The molecule has 0 aromatic rings. The van der Waals surface area contributed by atoms with Crippen molar-refractivity contribution in [2.24, 2.45) is 0 Å². The smallest absolute Gasteiger partial charge is 0.303 e. The zero-order valence-corrected chi connectivity index (χ0v) is 8.84. The van der Waals surface area contributed by atoms with Crippen molar-refractivity contribution in [3.8, 4) is 0 Å². The molecule has 0 unspecified atom stereocenters. The number of methoxy groups -OCH3 is 1. The normalized spacial score (nSPS) is 11.5. The number of hydrogen-bond donors (Lipinski definition) is 2. The fraction of sp³-hybridized carbons (Fsp3) is 0.857. The van der Waals surface area contributed by atoms with Crippen LogP contribution in [0.4, 0.5) is 0 Å². The number of hydrogen-bond acceptors (Lipinski definition) is 4. The Morgan fingerprint density at radius 2 is 2.14 bits per heavy atom. The maximum atomic E-state index is 11.1. The molecule has 0 saturated carbocycles. The molecule has 2 N–H and O–H groups in total. The molecule has 7 heteroatoms. The molecule has 0 saturated heterocycles. The second kappa shape index (κ2) is 6.74. The van der Waals surface area contributed by atoms with Crippen LogP contribution in [0.5, 0.6) is 0 Å². The zero-order chi connectivity index (χ0) is 11.0. The number of carboxylic acid groups (broad SMARTS) is 1. The SMILES string of the molecule is COCCS(=O)(=O)NCCCC(=O)O. The van der Waals surface area contributed by atoms with Crippen LogP contribution in [0, 0.1) is 0 Å². The Labute approximate surface area is 83.3 Å². The van der Waals surface area contributed by atoms with Crippen LogP contribution in [0.1, 0.15) is 12.8 Å². The molecule has 0 aromatic carbocycles. The molecule has 0 amide bonds. The number of ether oxygens (including phenoxy) is 1. The lowest BCUT2D eigenvalue weighted by atomic mass is 10.3. The molecule has 14 heavy (non-hydrogen) atoms. The Balaban J connectivity index is 3.61. The van der Waals surface area contributed by atoms with E-state index in [0.29, 0.717) is 6.42 Å². The van der Waals surface area contributed by atoms with E-state index in [9.17, 15) is 13.2 Å². The summed E-state index contributed by atoms with van der Waals surface area (Å²) in [7, 11) is -1.89. The number of carbonyl (C=O) groups is 1. The lowest BCUT2D eigenvalue weighted by molar-refractivity contribution is -0.137. The van der Waals surface area contributed by atoms with Crippen molar-refractivity contribution < 1.29 is 23.1 Å². The molecule has 0 spiro atoms. The van der Waals surface area contributed by atoms with Gasteiger partial charge in [0.05, 0.1) is 12.4 Å². The summed E-state index contributed by atoms with van der Waals surface area (Å²) in [5.74, 6) is -1.03. The van der Waals surface area contributed by atoms with Gasteiger partial charge >= 0.3 is 5.97 Å². The van der Waals surface area contributed by atoms with Crippen molar-refractivity contribution in [2.75, 3.05) is 26.0 Å². The predicted octanol–water partition coefficient (Wildman–Crippen LogP) is -0.583. The summed E-state index contributed by atoms with van der Waals surface area (Å²) in [5.41, 5.74) is 0. The van der Waals surface area contributed by atoms with Crippen LogP contribution in [-0.2, 0) is 19.6 Å². The minimum atomic E-state index is -3.31. The Hall–Kier alpha value is -0.660. The molecular weight excluding hydrogens is 210 g/mol. The molecule has 0 fully saturated rings. The summed E-state index contributed by atoms with van der Waals surface area (Å²) in [6, 6.07) is 0. The lowest BCUT2D eigenvalue weighted by Gasteiger charge is -2.04. The van der Waals surface area contributed by atoms with Gasteiger partial charge in [-0.15, -0.1) is 0 Å². The van der Waals surface area contributed by atoms with Crippen molar-refractivity contribution >= 4 is 16.0 Å². The second-order valence-electron chi connectivity index (χ2n) is 2.70. The van der Waals surface area contributed by atoms with Gasteiger partial charge in [-0.1, -0.05) is 0 Å². The summed E-state index contributed by atoms with van der Waals surface area (Å²) >= 11 is 0. The molecular formula is C7H15NO5S. The fourth-order valence-electron chi connectivity index (χ4n) is 0.732. The summed E-state index contributed by atoms with van der Waals surface area (Å²) in [6.45, 7) is 0.284. The van der Waals surface area contributed by atoms with Crippen LogP contribution in [-0.4, -0.2) is 45.5 Å². The van der Waals surface area contributed by atoms with Crippen LogP contribution < -0.4 is 4.72 Å². The molecule has 0 heterocycles. The van der Waals surface area contributed by atoms with Gasteiger partial charge in [0.15, 0.2) is 0 Å². The molecule has 0 rings (SSSR count). The van der Waals surface area contributed by atoms with Gasteiger partial charge in [0.1, 0.15) is 0 Å². The molecule has 0 bridgehead atoms. The van der Waals surface area contributed by atoms with E-state index < -0.39 is 16.0 Å². The maximum absolute atomic E-state index is 11.1. The van der Waals surface area contributed by atoms with Crippen molar-refractivity contribution in [2.45, 2.75) is 12.8 Å². The minimum Gasteiger partial charge on any atom is -0.481 e. The van der Waals surface area contributed by atoms with E-state index in [1.807, 2.05) is 0 Å². The van der Waals surface area contributed by atoms with Gasteiger partial charge in [-0.25, -0.2) is 13.1 Å². The van der Waals surface area contributed by atoms with Gasteiger partial charge in [0.2, 0.25) is 10.0 Å². The van der Waals surface area contributed by atoms with Crippen LogP contribution in [0.3, 0.4) is 0 Å². The van der Waals surface area contributed by atoms with E-state index in [-0.39, 0.29) is 25.3 Å². The third-order valence-electron chi connectivity index (χ3n) is 1.45. The number of aliphatic carboxylic acids is 1. The monoisotopic (exact) mass is 225 g/mol. The van der Waals surface area contributed by atoms with Gasteiger partial charge in [0.25, 0.3) is 0 Å². The number of rotatable bonds is 8. The first-order valence-corrected chi connectivity index (χ1v) is 5.81. The highest BCUT2D eigenvalue weighted by Crippen LogP contribution is 1.89. The molecule has 0 aliphatic heterocycles. The maximum Gasteiger partial charge on any atom is 0.303 e. The molecule has 6 nitrogen and oxygen atoms in total. The molecule has 0 radical (unpaired) electrons.